The summed E-state index contributed by atoms with van der Waals surface area (Å²) in [5, 5.41) is 11.5. The maximum absolute atomic E-state index is 11.9. The van der Waals surface area contributed by atoms with Gasteiger partial charge in [-0.25, -0.2) is 4.79 Å². The normalized spacial score (nSPS) is 16.8. The van der Waals surface area contributed by atoms with Crippen molar-refractivity contribution < 1.29 is 14.7 Å². The molecule has 1 aromatic carbocycles. The Hall–Kier alpha value is -1.04. The van der Waals surface area contributed by atoms with Crippen molar-refractivity contribution in [2.24, 2.45) is 0 Å². The molecule has 0 saturated carbocycles. The first-order chi connectivity index (χ1) is 10.7. The molecule has 2 amide bonds. The summed E-state index contributed by atoms with van der Waals surface area (Å²) in [6.07, 6.45) is 4.96. The van der Waals surface area contributed by atoms with Crippen LogP contribution in [0, 0.1) is 0 Å². The van der Waals surface area contributed by atoms with Crippen LogP contribution in [-0.2, 0) is 4.79 Å². The monoisotopic (exact) mass is 328 g/mol. The number of carbonyl (C=O) groups excluding carboxylic acids is 1. The average molecular weight is 328 g/mol. The summed E-state index contributed by atoms with van der Waals surface area (Å²) < 4.78 is 0. The SMILES string of the molecule is O=C(O)CCCCCCCN1C(=O)NCC1c1ccccc1.[NaH]. The van der Waals surface area contributed by atoms with E-state index in [-0.39, 0.29) is 48.1 Å². The van der Waals surface area contributed by atoms with E-state index in [1.807, 2.05) is 23.1 Å². The minimum absolute atomic E-state index is 0. The zero-order valence-electron chi connectivity index (χ0n) is 12.8. The second kappa shape index (κ2) is 10.7. The third-order valence-corrected chi connectivity index (χ3v) is 4.06. The number of amides is 2. The van der Waals surface area contributed by atoms with Crippen LogP contribution in [0.3, 0.4) is 0 Å². The van der Waals surface area contributed by atoms with Gasteiger partial charge in [-0.2, -0.15) is 0 Å². The summed E-state index contributed by atoms with van der Waals surface area (Å²) in [5.41, 5.74) is 1.17. The van der Waals surface area contributed by atoms with Gasteiger partial charge in [0.05, 0.1) is 6.04 Å². The number of hydrogen-bond acceptors (Lipinski definition) is 2. The summed E-state index contributed by atoms with van der Waals surface area (Å²) >= 11 is 0. The quantitative estimate of drug-likeness (QED) is 0.540. The second-order valence-corrected chi connectivity index (χ2v) is 5.72. The Morgan fingerprint density at radius 1 is 1.13 bits per heavy atom. The Kier molecular flexibility index (Phi) is 9.29. The van der Waals surface area contributed by atoms with Crippen molar-refractivity contribution in [1.29, 1.82) is 0 Å². The van der Waals surface area contributed by atoms with Gasteiger partial charge in [0, 0.05) is 19.5 Å². The molecule has 1 aliphatic rings. The van der Waals surface area contributed by atoms with Crippen LogP contribution >= 0.6 is 0 Å². The number of nitrogens with one attached hydrogen (secondary N) is 1. The molecule has 0 spiro atoms. The predicted molar refractivity (Wildman–Crippen MR) is 91.8 cm³/mol. The number of carboxylic acids is 1. The number of unbranched alkanes of at least 4 members (excludes halogenated alkanes) is 4. The fourth-order valence-electron chi connectivity index (χ4n) is 2.86. The molecule has 0 aromatic heterocycles. The maximum atomic E-state index is 11.9. The number of urea groups is 1. The standard InChI is InChI=1S/C17H24N2O3.Na.H/c20-16(21)11-7-2-1-3-8-12-19-15(13-18-17(19)22)14-9-5-4-6-10-14;;/h4-6,9-10,15H,1-3,7-8,11-13H2,(H,18,22)(H,20,21);;. The molecule has 0 radical (unpaired) electrons. The fourth-order valence-corrected chi connectivity index (χ4v) is 2.86. The third kappa shape index (κ3) is 6.53. The topological polar surface area (TPSA) is 69.6 Å². The number of nitrogens with zero attached hydrogens (tertiary/aromatic N) is 1. The van der Waals surface area contributed by atoms with Gasteiger partial charge in [0.1, 0.15) is 0 Å². The van der Waals surface area contributed by atoms with Gasteiger partial charge < -0.3 is 15.3 Å². The Labute approximate surface area is 159 Å². The molecule has 122 valence electrons. The molecular formula is C17H25N2NaO3. The Morgan fingerprint density at radius 2 is 1.78 bits per heavy atom. The summed E-state index contributed by atoms with van der Waals surface area (Å²) in [6.45, 7) is 1.42. The summed E-state index contributed by atoms with van der Waals surface area (Å²) in [7, 11) is 0. The Morgan fingerprint density at radius 3 is 2.48 bits per heavy atom. The van der Waals surface area contributed by atoms with Crippen LogP contribution in [0.1, 0.15) is 50.1 Å². The van der Waals surface area contributed by atoms with Crippen LogP contribution in [0.2, 0.25) is 0 Å². The molecule has 1 unspecified atom stereocenters. The summed E-state index contributed by atoms with van der Waals surface area (Å²) in [6, 6.07) is 10.2. The third-order valence-electron chi connectivity index (χ3n) is 4.06. The van der Waals surface area contributed by atoms with E-state index < -0.39 is 5.97 Å². The van der Waals surface area contributed by atoms with Crippen molar-refractivity contribution in [1.82, 2.24) is 10.2 Å². The van der Waals surface area contributed by atoms with Crippen LogP contribution in [0.4, 0.5) is 4.79 Å². The molecule has 1 fully saturated rings. The van der Waals surface area contributed by atoms with Gasteiger partial charge in [0.2, 0.25) is 0 Å². The van der Waals surface area contributed by atoms with Gasteiger partial charge in [-0.05, 0) is 18.4 Å². The number of hydrogen-bond donors (Lipinski definition) is 2. The van der Waals surface area contributed by atoms with Gasteiger partial charge in [0.25, 0.3) is 0 Å². The van der Waals surface area contributed by atoms with E-state index in [4.69, 9.17) is 5.11 Å². The molecule has 1 aliphatic heterocycles. The van der Waals surface area contributed by atoms with Gasteiger partial charge in [-0.3, -0.25) is 4.79 Å². The zero-order valence-corrected chi connectivity index (χ0v) is 12.8. The second-order valence-electron chi connectivity index (χ2n) is 5.72. The molecule has 0 aliphatic carbocycles. The van der Waals surface area contributed by atoms with Crippen molar-refractivity contribution in [2.75, 3.05) is 13.1 Å². The Bertz CT molecular complexity index is 496. The average Bonchev–Trinajstić information content (AvgIpc) is 2.88. The molecule has 1 aromatic rings. The molecule has 5 nitrogen and oxygen atoms in total. The number of benzene rings is 1. The number of carboxylic acid groups (broad SMARTS) is 1. The molecule has 0 bridgehead atoms. The van der Waals surface area contributed by atoms with Gasteiger partial charge in [0.15, 0.2) is 0 Å². The van der Waals surface area contributed by atoms with Gasteiger partial charge in [-0.15, -0.1) is 0 Å². The van der Waals surface area contributed by atoms with Crippen LogP contribution in [0.25, 0.3) is 0 Å². The van der Waals surface area contributed by atoms with Crippen LogP contribution in [0.5, 0.6) is 0 Å². The Balaban J connectivity index is 0.00000264. The predicted octanol–water partition coefficient (Wildman–Crippen LogP) is 2.53. The van der Waals surface area contributed by atoms with E-state index in [2.05, 4.69) is 17.4 Å². The van der Waals surface area contributed by atoms with Crippen molar-refractivity contribution in [3.8, 4) is 0 Å². The molecule has 2 rings (SSSR count). The van der Waals surface area contributed by atoms with Gasteiger partial charge >= 0.3 is 41.6 Å². The molecular weight excluding hydrogens is 303 g/mol. The van der Waals surface area contributed by atoms with E-state index in [1.165, 1.54) is 5.56 Å². The number of aliphatic carboxylic acids is 1. The van der Waals surface area contributed by atoms with Crippen molar-refractivity contribution in [3.05, 3.63) is 35.9 Å². The van der Waals surface area contributed by atoms with Crippen molar-refractivity contribution in [3.63, 3.8) is 0 Å². The summed E-state index contributed by atoms with van der Waals surface area (Å²) in [4.78, 5) is 24.3. The fraction of sp³-hybridized carbons (Fsp3) is 0.529. The van der Waals surface area contributed by atoms with E-state index in [0.29, 0.717) is 6.54 Å². The van der Waals surface area contributed by atoms with Crippen molar-refractivity contribution >= 4 is 41.6 Å². The number of carbonyl (C=O) groups is 2. The molecule has 2 N–H and O–H groups in total. The van der Waals surface area contributed by atoms with Crippen LogP contribution in [0.15, 0.2) is 30.3 Å². The van der Waals surface area contributed by atoms with E-state index >= 15 is 0 Å². The van der Waals surface area contributed by atoms with E-state index in [0.717, 1.165) is 38.6 Å². The van der Waals surface area contributed by atoms with Crippen molar-refractivity contribution in [2.45, 2.75) is 44.6 Å². The van der Waals surface area contributed by atoms with Gasteiger partial charge in [-0.1, -0.05) is 49.6 Å². The molecule has 1 saturated heterocycles. The van der Waals surface area contributed by atoms with Crippen LogP contribution in [-0.4, -0.2) is 64.7 Å². The number of rotatable bonds is 9. The first kappa shape index (κ1) is 20.0. The zero-order chi connectivity index (χ0) is 15.8. The molecule has 1 heterocycles. The first-order valence-electron chi connectivity index (χ1n) is 7.99. The van der Waals surface area contributed by atoms with Crippen LogP contribution < -0.4 is 5.32 Å². The molecule has 1 atom stereocenters. The molecule has 23 heavy (non-hydrogen) atoms. The minimum atomic E-state index is -0.723. The first-order valence-corrected chi connectivity index (χ1v) is 7.99. The summed E-state index contributed by atoms with van der Waals surface area (Å²) in [5.74, 6) is -0.723. The van der Waals surface area contributed by atoms with E-state index in [9.17, 15) is 9.59 Å². The molecule has 6 heteroatoms. The van der Waals surface area contributed by atoms with E-state index in [1.54, 1.807) is 0 Å².